The Labute approximate surface area is 149 Å². The standard InChI is InChI=1S/C20H26N2O3/c1-6-24-15-12-14(3)13-16(25-7-2)18(15)19(23)22-20(4,5)17-10-8-9-11-21-17/h8-13H,6-7H2,1-5H3,(H,22,23). The maximum Gasteiger partial charge on any atom is 0.259 e. The summed E-state index contributed by atoms with van der Waals surface area (Å²) in [6.45, 7) is 10.5. The van der Waals surface area contributed by atoms with Gasteiger partial charge in [-0.05, 0) is 64.4 Å². The Hall–Kier alpha value is -2.56. The van der Waals surface area contributed by atoms with E-state index in [0.29, 0.717) is 30.3 Å². The highest BCUT2D eigenvalue weighted by atomic mass is 16.5. The van der Waals surface area contributed by atoms with Crippen LogP contribution in [0.4, 0.5) is 0 Å². The van der Waals surface area contributed by atoms with Crippen molar-refractivity contribution < 1.29 is 14.3 Å². The number of rotatable bonds is 7. The number of carbonyl (C=O) groups is 1. The molecule has 1 amide bonds. The molecule has 5 nitrogen and oxygen atoms in total. The van der Waals surface area contributed by atoms with Gasteiger partial charge in [-0.25, -0.2) is 0 Å². The van der Waals surface area contributed by atoms with Crippen LogP contribution in [0.25, 0.3) is 0 Å². The molecule has 2 aromatic rings. The normalized spacial score (nSPS) is 11.1. The number of carbonyl (C=O) groups excluding carboxylic acids is 1. The molecule has 0 spiro atoms. The number of aromatic nitrogens is 1. The van der Waals surface area contributed by atoms with E-state index in [0.717, 1.165) is 11.3 Å². The number of amides is 1. The summed E-state index contributed by atoms with van der Waals surface area (Å²) in [4.78, 5) is 17.4. The van der Waals surface area contributed by atoms with Gasteiger partial charge in [0.05, 0.1) is 24.4 Å². The third kappa shape index (κ3) is 4.50. The molecule has 0 saturated carbocycles. The minimum atomic E-state index is -0.629. The molecule has 0 atom stereocenters. The lowest BCUT2D eigenvalue weighted by atomic mass is 9.98. The Morgan fingerprint density at radius 2 is 1.72 bits per heavy atom. The predicted octanol–water partition coefficient (Wildman–Crippen LogP) is 3.85. The van der Waals surface area contributed by atoms with Crippen LogP contribution >= 0.6 is 0 Å². The molecular formula is C20H26N2O3. The van der Waals surface area contributed by atoms with Gasteiger partial charge in [0.1, 0.15) is 17.1 Å². The van der Waals surface area contributed by atoms with E-state index in [1.54, 1.807) is 6.20 Å². The van der Waals surface area contributed by atoms with Crippen LogP contribution in [0.5, 0.6) is 11.5 Å². The van der Waals surface area contributed by atoms with Crippen LogP contribution in [0.3, 0.4) is 0 Å². The Balaban J connectivity index is 2.40. The SMILES string of the molecule is CCOc1cc(C)cc(OCC)c1C(=O)NC(C)(C)c1ccccn1. The fourth-order valence-electron chi connectivity index (χ4n) is 2.63. The molecular weight excluding hydrogens is 316 g/mol. The summed E-state index contributed by atoms with van der Waals surface area (Å²) in [5, 5.41) is 3.04. The van der Waals surface area contributed by atoms with Crippen molar-refractivity contribution in [3.05, 3.63) is 53.3 Å². The second-order valence-electron chi connectivity index (χ2n) is 6.30. The molecule has 1 aromatic carbocycles. The lowest BCUT2D eigenvalue weighted by Gasteiger charge is -2.27. The summed E-state index contributed by atoms with van der Waals surface area (Å²) in [5.41, 5.74) is 1.55. The largest absolute Gasteiger partial charge is 0.493 e. The molecule has 1 heterocycles. The van der Waals surface area contributed by atoms with Gasteiger partial charge in [-0.15, -0.1) is 0 Å². The second-order valence-corrected chi connectivity index (χ2v) is 6.30. The van der Waals surface area contributed by atoms with Gasteiger partial charge in [0.25, 0.3) is 5.91 Å². The molecule has 0 aliphatic rings. The van der Waals surface area contributed by atoms with Gasteiger partial charge >= 0.3 is 0 Å². The number of hydrogen-bond acceptors (Lipinski definition) is 4. The summed E-state index contributed by atoms with van der Waals surface area (Å²) in [6, 6.07) is 9.35. The lowest BCUT2D eigenvalue weighted by Crippen LogP contribution is -2.41. The van der Waals surface area contributed by atoms with Gasteiger partial charge in [0.2, 0.25) is 0 Å². The number of pyridine rings is 1. The molecule has 0 bridgehead atoms. The highest BCUT2D eigenvalue weighted by Crippen LogP contribution is 2.32. The molecule has 0 aliphatic heterocycles. The van der Waals surface area contributed by atoms with Gasteiger partial charge in [-0.1, -0.05) is 6.07 Å². The summed E-state index contributed by atoms with van der Waals surface area (Å²) in [7, 11) is 0. The van der Waals surface area contributed by atoms with Crippen molar-refractivity contribution in [2.75, 3.05) is 13.2 Å². The van der Waals surface area contributed by atoms with Gasteiger partial charge in [0.15, 0.2) is 0 Å². The van der Waals surface area contributed by atoms with Crippen LogP contribution in [-0.4, -0.2) is 24.1 Å². The van der Waals surface area contributed by atoms with Gasteiger partial charge in [-0.3, -0.25) is 9.78 Å². The first-order valence-corrected chi connectivity index (χ1v) is 8.53. The van der Waals surface area contributed by atoms with E-state index in [1.807, 2.05) is 65.0 Å². The number of benzene rings is 1. The van der Waals surface area contributed by atoms with Gasteiger partial charge < -0.3 is 14.8 Å². The molecule has 0 fully saturated rings. The lowest BCUT2D eigenvalue weighted by molar-refractivity contribution is 0.0902. The zero-order valence-electron chi connectivity index (χ0n) is 15.6. The first-order chi connectivity index (χ1) is 11.9. The summed E-state index contributed by atoms with van der Waals surface area (Å²) >= 11 is 0. The van der Waals surface area contributed by atoms with Crippen molar-refractivity contribution in [2.45, 2.75) is 40.2 Å². The first kappa shape index (κ1) is 18.8. The zero-order chi connectivity index (χ0) is 18.4. The fraction of sp³-hybridized carbons (Fsp3) is 0.400. The second kappa shape index (κ2) is 8.01. The minimum Gasteiger partial charge on any atom is -0.493 e. The van der Waals surface area contributed by atoms with Crippen molar-refractivity contribution >= 4 is 5.91 Å². The number of ether oxygens (including phenoxy) is 2. The van der Waals surface area contributed by atoms with E-state index in [-0.39, 0.29) is 5.91 Å². The van der Waals surface area contributed by atoms with Crippen LogP contribution in [0.15, 0.2) is 36.5 Å². The van der Waals surface area contributed by atoms with E-state index >= 15 is 0 Å². The van der Waals surface area contributed by atoms with Crippen LogP contribution < -0.4 is 14.8 Å². The quantitative estimate of drug-likeness (QED) is 0.830. The zero-order valence-corrected chi connectivity index (χ0v) is 15.6. The van der Waals surface area contributed by atoms with E-state index in [4.69, 9.17) is 9.47 Å². The van der Waals surface area contributed by atoms with Gasteiger partial charge in [-0.2, -0.15) is 0 Å². The third-order valence-corrected chi connectivity index (χ3v) is 3.77. The van der Waals surface area contributed by atoms with Crippen LogP contribution in [-0.2, 0) is 5.54 Å². The summed E-state index contributed by atoms with van der Waals surface area (Å²) in [5.74, 6) is 0.808. The molecule has 5 heteroatoms. The van der Waals surface area contributed by atoms with Crippen LogP contribution in [0.2, 0.25) is 0 Å². The molecule has 2 rings (SSSR count). The van der Waals surface area contributed by atoms with E-state index in [1.165, 1.54) is 0 Å². The first-order valence-electron chi connectivity index (χ1n) is 8.53. The van der Waals surface area contributed by atoms with Gasteiger partial charge in [0, 0.05) is 6.20 Å². The van der Waals surface area contributed by atoms with Crippen molar-refractivity contribution in [1.29, 1.82) is 0 Å². The number of nitrogens with one attached hydrogen (secondary N) is 1. The van der Waals surface area contributed by atoms with E-state index in [9.17, 15) is 4.79 Å². The Morgan fingerprint density at radius 3 is 2.20 bits per heavy atom. The average Bonchev–Trinajstić information content (AvgIpc) is 2.55. The molecule has 25 heavy (non-hydrogen) atoms. The molecule has 0 unspecified atom stereocenters. The Morgan fingerprint density at radius 1 is 1.12 bits per heavy atom. The van der Waals surface area contributed by atoms with Crippen molar-refractivity contribution in [2.24, 2.45) is 0 Å². The molecule has 0 aliphatic carbocycles. The van der Waals surface area contributed by atoms with Crippen molar-refractivity contribution in [1.82, 2.24) is 10.3 Å². The summed E-state index contributed by atoms with van der Waals surface area (Å²) < 4.78 is 11.4. The third-order valence-electron chi connectivity index (χ3n) is 3.77. The Kier molecular flexibility index (Phi) is 6.02. The van der Waals surface area contributed by atoms with E-state index in [2.05, 4.69) is 10.3 Å². The van der Waals surface area contributed by atoms with Crippen molar-refractivity contribution in [3.63, 3.8) is 0 Å². The van der Waals surface area contributed by atoms with E-state index < -0.39 is 5.54 Å². The molecule has 1 aromatic heterocycles. The number of nitrogens with zero attached hydrogens (tertiary/aromatic N) is 1. The van der Waals surface area contributed by atoms with Crippen LogP contribution in [0.1, 0.15) is 49.3 Å². The minimum absolute atomic E-state index is 0.248. The summed E-state index contributed by atoms with van der Waals surface area (Å²) in [6.07, 6.45) is 1.71. The van der Waals surface area contributed by atoms with Crippen molar-refractivity contribution in [3.8, 4) is 11.5 Å². The molecule has 1 N–H and O–H groups in total. The smallest absolute Gasteiger partial charge is 0.259 e. The molecule has 134 valence electrons. The fourth-order valence-corrected chi connectivity index (χ4v) is 2.63. The highest BCUT2D eigenvalue weighted by Gasteiger charge is 2.28. The maximum atomic E-state index is 13.0. The highest BCUT2D eigenvalue weighted by molar-refractivity contribution is 6.00. The monoisotopic (exact) mass is 342 g/mol. The maximum absolute atomic E-state index is 13.0. The Bertz CT molecular complexity index is 700. The predicted molar refractivity (Wildman–Crippen MR) is 98.2 cm³/mol. The topological polar surface area (TPSA) is 60.5 Å². The number of aryl methyl sites for hydroxylation is 1. The molecule has 0 radical (unpaired) electrons. The van der Waals surface area contributed by atoms with Crippen LogP contribution in [0, 0.1) is 6.92 Å². The molecule has 0 saturated heterocycles. The number of hydrogen-bond donors (Lipinski definition) is 1. The average molecular weight is 342 g/mol.